The second-order valence-electron chi connectivity index (χ2n) is 5.38. The zero-order valence-corrected chi connectivity index (χ0v) is 14.5. The van der Waals surface area contributed by atoms with Gasteiger partial charge in [-0.2, -0.15) is 4.98 Å². The van der Waals surface area contributed by atoms with E-state index in [1.54, 1.807) is 31.5 Å². The fraction of sp³-hybridized carbons (Fsp3) is 0.118. The molecular weight excluding hydrogens is 355 g/mol. The third kappa shape index (κ3) is 3.33. The summed E-state index contributed by atoms with van der Waals surface area (Å²) in [5, 5.41) is 13.0. The minimum absolute atomic E-state index is 0.303. The van der Waals surface area contributed by atoms with Crippen molar-refractivity contribution in [2.24, 2.45) is 0 Å². The third-order valence-corrected chi connectivity index (χ3v) is 4.46. The Morgan fingerprint density at radius 1 is 1.08 bits per heavy atom. The number of hydrogen-bond acceptors (Lipinski definition) is 7. The first-order valence-electron chi connectivity index (χ1n) is 7.74. The number of aromatic nitrogens is 6. The summed E-state index contributed by atoms with van der Waals surface area (Å²) in [5.74, 6) is 1.88. The maximum Gasteiger partial charge on any atom is 0.237 e. The Morgan fingerprint density at radius 2 is 1.85 bits per heavy atom. The van der Waals surface area contributed by atoms with Crippen LogP contribution in [0, 0.1) is 12.7 Å². The first kappa shape index (κ1) is 16.4. The van der Waals surface area contributed by atoms with E-state index in [1.807, 2.05) is 16.7 Å². The Bertz CT molecular complexity index is 1020. The van der Waals surface area contributed by atoms with Gasteiger partial charge in [0, 0.05) is 23.6 Å². The SMILES string of the molecule is Cc1noc(CSc2nnc(-c3ccncc3)n2-c2ccc(F)cc2)n1. The van der Waals surface area contributed by atoms with E-state index in [2.05, 4.69) is 25.3 Å². The highest BCUT2D eigenvalue weighted by atomic mass is 32.2. The molecule has 0 amide bonds. The maximum atomic E-state index is 13.3. The van der Waals surface area contributed by atoms with Gasteiger partial charge in [-0.05, 0) is 43.3 Å². The maximum absolute atomic E-state index is 13.3. The van der Waals surface area contributed by atoms with Gasteiger partial charge in [-0.1, -0.05) is 16.9 Å². The van der Waals surface area contributed by atoms with Crippen molar-refractivity contribution < 1.29 is 8.91 Å². The zero-order valence-electron chi connectivity index (χ0n) is 13.7. The summed E-state index contributed by atoms with van der Waals surface area (Å²) in [4.78, 5) is 8.22. The third-order valence-electron chi connectivity index (χ3n) is 3.55. The average Bonchev–Trinajstić information content (AvgIpc) is 3.27. The lowest BCUT2D eigenvalue weighted by molar-refractivity contribution is 0.387. The molecule has 0 spiro atoms. The van der Waals surface area contributed by atoms with E-state index in [0.29, 0.717) is 28.4 Å². The van der Waals surface area contributed by atoms with E-state index < -0.39 is 0 Å². The summed E-state index contributed by atoms with van der Waals surface area (Å²) in [6, 6.07) is 9.87. The molecule has 0 atom stereocenters. The molecule has 0 fully saturated rings. The molecule has 4 rings (SSSR count). The van der Waals surface area contributed by atoms with Crippen molar-refractivity contribution in [1.82, 2.24) is 29.9 Å². The van der Waals surface area contributed by atoms with Crippen LogP contribution in [0.4, 0.5) is 4.39 Å². The first-order chi connectivity index (χ1) is 12.7. The second-order valence-corrected chi connectivity index (χ2v) is 6.32. The van der Waals surface area contributed by atoms with Gasteiger partial charge in [0.25, 0.3) is 0 Å². The quantitative estimate of drug-likeness (QED) is 0.499. The molecule has 130 valence electrons. The van der Waals surface area contributed by atoms with E-state index in [9.17, 15) is 4.39 Å². The monoisotopic (exact) mass is 368 g/mol. The normalized spacial score (nSPS) is 11.0. The molecule has 26 heavy (non-hydrogen) atoms. The molecule has 3 heterocycles. The van der Waals surface area contributed by atoms with Crippen molar-refractivity contribution in [1.29, 1.82) is 0 Å². The van der Waals surface area contributed by atoms with Crippen LogP contribution in [-0.2, 0) is 5.75 Å². The van der Waals surface area contributed by atoms with Crippen LogP contribution in [0.5, 0.6) is 0 Å². The molecule has 0 aliphatic rings. The topological polar surface area (TPSA) is 82.5 Å². The number of rotatable bonds is 5. The van der Waals surface area contributed by atoms with Crippen molar-refractivity contribution >= 4 is 11.8 Å². The average molecular weight is 368 g/mol. The molecule has 7 nitrogen and oxygen atoms in total. The molecule has 0 N–H and O–H groups in total. The van der Waals surface area contributed by atoms with Gasteiger partial charge in [0.15, 0.2) is 16.8 Å². The van der Waals surface area contributed by atoms with E-state index >= 15 is 0 Å². The van der Waals surface area contributed by atoms with Crippen LogP contribution < -0.4 is 0 Å². The van der Waals surface area contributed by atoms with Gasteiger partial charge in [0.2, 0.25) is 5.89 Å². The fourth-order valence-corrected chi connectivity index (χ4v) is 3.19. The van der Waals surface area contributed by atoms with Crippen molar-refractivity contribution in [3.63, 3.8) is 0 Å². The van der Waals surface area contributed by atoms with Crippen molar-refractivity contribution in [2.75, 3.05) is 0 Å². The fourth-order valence-electron chi connectivity index (χ4n) is 2.40. The molecule has 9 heteroatoms. The Balaban J connectivity index is 1.73. The van der Waals surface area contributed by atoms with Crippen LogP contribution in [0.3, 0.4) is 0 Å². The smallest absolute Gasteiger partial charge is 0.237 e. The summed E-state index contributed by atoms with van der Waals surface area (Å²) in [7, 11) is 0. The van der Waals surface area contributed by atoms with E-state index in [-0.39, 0.29) is 5.82 Å². The number of benzene rings is 1. The molecule has 0 radical (unpaired) electrons. The van der Waals surface area contributed by atoms with Gasteiger partial charge in [0.1, 0.15) is 5.82 Å². The molecule has 0 aliphatic carbocycles. The number of hydrogen-bond donors (Lipinski definition) is 0. The van der Waals surface area contributed by atoms with Crippen LogP contribution in [-0.4, -0.2) is 29.9 Å². The highest BCUT2D eigenvalue weighted by molar-refractivity contribution is 7.98. The van der Waals surface area contributed by atoms with Gasteiger partial charge in [-0.15, -0.1) is 10.2 Å². The van der Waals surface area contributed by atoms with Crippen molar-refractivity contribution in [3.05, 3.63) is 66.3 Å². The lowest BCUT2D eigenvalue weighted by atomic mass is 10.2. The standard InChI is InChI=1S/C17H13FN6OS/c1-11-20-15(25-23-11)10-26-17-22-21-16(12-6-8-19-9-7-12)24(17)14-4-2-13(18)3-5-14/h2-9H,10H2,1H3. The van der Waals surface area contributed by atoms with Crippen LogP contribution in [0.25, 0.3) is 17.1 Å². The Hall–Kier alpha value is -3.07. The molecule has 0 unspecified atom stereocenters. The minimum atomic E-state index is -0.303. The number of halogens is 1. The number of aryl methyl sites for hydroxylation is 1. The number of nitrogens with zero attached hydrogens (tertiary/aromatic N) is 6. The van der Waals surface area contributed by atoms with Gasteiger partial charge in [0.05, 0.1) is 5.75 Å². The predicted molar refractivity (Wildman–Crippen MR) is 93.1 cm³/mol. The highest BCUT2D eigenvalue weighted by Crippen LogP contribution is 2.29. The highest BCUT2D eigenvalue weighted by Gasteiger charge is 2.17. The first-order valence-corrected chi connectivity index (χ1v) is 8.73. The van der Waals surface area contributed by atoms with Crippen LogP contribution in [0.1, 0.15) is 11.7 Å². The van der Waals surface area contributed by atoms with E-state index in [4.69, 9.17) is 4.52 Å². The Kier molecular flexibility index (Phi) is 4.44. The van der Waals surface area contributed by atoms with Crippen molar-refractivity contribution in [2.45, 2.75) is 17.8 Å². The van der Waals surface area contributed by atoms with E-state index in [0.717, 1.165) is 11.3 Å². The van der Waals surface area contributed by atoms with Crippen molar-refractivity contribution in [3.8, 4) is 17.1 Å². The Labute approximate surface area is 152 Å². The van der Waals surface area contributed by atoms with Gasteiger partial charge in [-0.3, -0.25) is 9.55 Å². The van der Waals surface area contributed by atoms with Crippen LogP contribution in [0.2, 0.25) is 0 Å². The molecule has 0 bridgehead atoms. The summed E-state index contributed by atoms with van der Waals surface area (Å²) >= 11 is 1.41. The molecule has 1 aromatic carbocycles. The molecule has 3 aromatic heterocycles. The molecule has 4 aromatic rings. The summed E-state index contributed by atoms with van der Waals surface area (Å²) in [6.45, 7) is 1.76. The molecule has 0 saturated carbocycles. The number of thioether (sulfide) groups is 1. The van der Waals surface area contributed by atoms with Crippen LogP contribution >= 0.6 is 11.8 Å². The molecular formula is C17H13FN6OS. The molecule has 0 aliphatic heterocycles. The second kappa shape index (κ2) is 7.04. The summed E-state index contributed by atoms with van der Waals surface area (Å²) < 4.78 is 20.3. The molecule has 0 saturated heterocycles. The van der Waals surface area contributed by atoms with Gasteiger partial charge >= 0.3 is 0 Å². The largest absolute Gasteiger partial charge is 0.338 e. The van der Waals surface area contributed by atoms with E-state index in [1.165, 1.54) is 23.9 Å². The van der Waals surface area contributed by atoms with Crippen LogP contribution in [0.15, 0.2) is 58.5 Å². The lowest BCUT2D eigenvalue weighted by Crippen LogP contribution is -2.00. The van der Waals surface area contributed by atoms with Gasteiger partial charge < -0.3 is 4.52 Å². The lowest BCUT2D eigenvalue weighted by Gasteiger charge is -2.09. The minimum Gasteiger partial charge on any atom is -0.338 e. The number of pyridine rings is 1. The predicted octanol–water partition coefficient (Wildman–Crippen LogP) is 3.45. The summed E-state index contributed by atoms with van der Waals surface area (Å²) in [6.07, 6.45) is 3.38. The zero-order chi connectivity index (χ0) is 17.9. The Morgan fingerprint density at radius 3 is 2.54 bits per heavy atom. The van der Waals surface area contributed by atoms with Gasteiger partial charge in [-0.25, -0.2) is 4.39 Å². The summed E-state index contributed by atoms with van der Waals surface area (Å²) in [5.41, 5.74) is 1.62.